The van der Waals surface area contributed by atoms with Crippen molar-refractivity contribution in [2.45, 2.75) is 57.8 Å². The molecule has 1 amide bonds. The third-order valence-electron chi connectivity index (χ3n) is 7.10. The first-order valence-electron chi connectivity index (χ1n) is 10.2. The molecule has 0 spiro atoms. The van der Waals surface area contributed by atoms with E-state index in [-0.39, 0.29) is 5.41 Å². The third kappa shape index (κ3) is 2.98. The molecule has 5 fully saturated rings. The van der Waals surface area contributed by atoms with Crippen molar-refractivity contribution in [2.24, 2.45) is 23.2 Å². The van der Waals surface area contributed by atoms with Crippen molar-refractivity contribution in [3.05, 3.63) is 11.1 Å². The Kier molecular flexibility index (Phi) is 4.03. The number of rotatable bonds is 5. The average molecular weight is 360 g/mol. The van der Waals surface area contributed by atoms with E-state index in [0.717, 1.165) is 68.8 Å². The van der Waals surface area contributed by atoms with E-state index in [2.05, 4.69) is 15.6 Å². The number of carbonyl (C=O) groups excluding carboxylic acids is 1. The molecule has 0 unspecified atom stereocenters. The van der Waals surface area contributed by atoms with Gasteiger partial charge in [0, 0.05) is 36.9 Å². The van der Waals surface area contributed by atoms with Gasteiger partial charge in [0.1, 0.15) is 0 Å². The van der Waals surface area contributed by atoms with Crippen molar-refractivity contribution in [1.29, 1.82) is 0 Å². The van der Waals surface area contributed by atoms with E-state index in [0.29, 0.717) is 5.91 Å². The Morgan fingerprint density at radius 1 is 1.16 bits per heavy atom. The first kappa shape index (κ1) is 16.1. The summed E-state index contributed by atoms with van der Waals surface area (Å²) in [6, 6.07) is 0. The van der Waals surface area contributed by atoms with Crippen molar-refractivity contribution in [3.8, 4) is 0 Å². The number of thiazole rings is 1. The fourth-order valence-electron chi connectivity index (χ4n) is 6.35. The lowest BCUT2D eigenvalue weighted by Gasteiger charge is -2.55. The normalized spacial score (nSPS) is 36.2. The molecule has 2 heterocycles. The van der Waals surface area contributed by atoms with E-state index in [1.165, 1.54) is 37.2 Å². The number of anilines is 1. The van der Waals surface area contributed by atoms with Crippen molar-refractivity contribution in [1.82, 2.24) is 10.3 Å². The maximum absolute atomic E-state index is 13.0. The van der Waals surface area contributed by atoms with Gasteiger partial charge in [-0.25, -0.2) is 4.98 Å². The van der Waals surface area contributed by atoms with Gasteiger partial charge >= 0.3 is 0 Å². The summed E-state index contributed by atoms with van der Waals surface area (Å²) < 4.78 is 0. The molecule has 0 atom stereocenters. The summed E-state index contributed by atoms with van der Waals surface area (Å²) >= 11 is 1.76. The second-order valence-corrected chi connectivity index (χ2v) is 9.86. The van der Waals surface area contributed by atoms with Crippen molar-refractivity contribution in [2.75, 3.05) is 24.5 Å². The molecule has 1 aliphatic heterocycles. The molecule has 1 aromatic heterocycles. The zero-order valence-electron chi connectivity index (χ0n) is 15.0. The van der Waals surface area contributed by atoms with Crippen LogP contribution in [0.25, 0.3) is 0 Å². The Balaban J connectivity index is 1.16. The van der Waals surface area contributed by atoms with Gasteiger partial charge < -0.3 is 10.2 Å². The molecule has 6 rings (SSSR count). The predicted octanol–water partition coefficient (Wildman–Crippen LogP) is 3.62. The Morgan fingerprint density at radius 3 is 2.44 bits per heavy atom. The van der Waals surface area contributed by atoms with Gasteiger partial charge in [-0.3, -0.25) is 4.79 Å². The lowest BCUT2D eigenvalue weighted by atomic mass is 9.49. The summed E-state index contributed by atoms with van der Waals surface area (Å²) in [7, 11) is 0. The lowest BCUT2D eigenvalue weighted by molar-refractivity contribution is -0.146. The topological polar surface area (TPSA) is 45.2 Å². The van der Waals surface area contributed by atoms with Gasteiger partial charge in [-0.1, -0.05) is 0 Å². The van der Waals surface area contributed by atoms with E-state index < -0.39 is 0 Å². The molecule has 4 saturated carbocycles. The molecule has 4 aliphatic carbocycles. The highest BCUT2D eigenvalue weighted by Crippen LogP contribution is 2.60. The maximum Gasteiger partial charge on any atom is 0.226 e. The van der Waals surface area contributed by atoms with Gasteiger partial charge in [-0.05, 0) is 69.1 Å². The van der Waals surface area contributed by atoms with Crippen LogP contribution in [0.3, 0.4) is 0 Å². The highest BCUT2D eigenvalue weighted by molar-refractivity contribution is 7.13. The van der Waals surface area contributed by atoms with Crippen LogP contribution in [-0.4, -0.2) is 30.5 Å². The lowest BCUT2D eigenvalue weighted by Crippen LogP contribution is -2.53. The molecule has 5 heteroatoms. The summed E-state index contributed by atoms with van der Waals surface area (Å²) in [6.07, 6.45) is 11.1. The molecule has 1 saturated heterocycles. The van der Waals surface area contributed by atoms with E-state index >= 15 is 0 Å². The van der Waals surface area contributed by atoms with Crippen molar-refractivity contribution >= 4 is 22.4 Å². The zero-order chi connectivity index (χ0) is 16.9. The predicted molar refractivity (Wildman–Crippen MR) is 101 cm³/mol. The Labute approximate surface area is 154 Å². The van der Waals surface area contributed by atoms with Crippen LogP contribution in [0.5, 0.6) is 0 Å². The largest absolute Gasteiger partial charge is 0.355 e. The summed E-state index contributed by atoms with van der Waals surface area (Å²) in [6.45, 7) is 3.04. The number of aromatic nitrogens is 1. The molecule has 1 N–H and O–H groups in total. The molecular weight excluding hydrogens is 330 g/mol. The van der Waals surface area contributed by atoms with E-state index in [4.69, 9.17) is 4.98 Å². The van der Waals surface area contributed by atoms with Crippen LogP contribution in [0.4, 0.5) is 5.13 Å². The van der Waals surface area contributed by atoms with Gasteiger partial charge in [0.25, 0.3) is 0 Å². The van der Waals surface area contributed by atoms with Crippen molar-refractivity contribution in [3.63, 3.8) is 0 Å². The second-order valence-electron chi connectivity index (χ2n) is 9.02. The SMILES string of the molecule is O=C(NCCc1csc(N2CCCC2)n1)C12CC3CC(CC(C3)C1)C2. The monoisotopic (exact) mass is 359 g/mol. The van der Waals surface area contributed by atoms with Gasteiger partial charge in [0.2, 0.25) is 5.91 Å². The number of hydrogen-bond acceptors (Lipinski definition) is 4. The Morgan fingerprint density at radius 2 is 1.80 bits per heavy atom. The quantitative estimate of drug-likeness (QED) is 0.873. The summed E-state index contributed by atoms with van der Waals surface area (Å²) in [4.78, 5) is 20.1. The molecule has 136 valence electrons. The van der Waals surface area contributed by atoms with Gasteiger partial charge in [0.15, 0.2) is 5.13 Å². The van der Waals surface area contributed by atoms with E-state index in [9.17, 15) is 4.79 Å². The second kappa shape index (κ2) is 6.26. The van der Waals surface area contributed by atoms with Crippen LogP contribution in [0, 0.1) is 23.2 Å². The molecule has 5 aliphatic rings. The van der Waals surface area contributed by atoms with Gasteiger partial charge in [0.05, 0.1) is 5.69 Å². The number of nitrogens with zero attached hydrogens (tertiary/aromatic N) is 2. The number of hydrogen-bond donors (Lipinski definition) is 1. The smallest absolute Gasteiger partial charge is 0.226 e. The standard InChI is InChI=1S/C20H29N3OS/c24-18(20-10-14-7-15(11-20)9-16(8-14)12-20)21-4-3-17-13-25-19(22-17)23-5-1-2-6-23/h13-16H,1-12H2,(H,21,24). The van der Waals surface area contributed by atoms with Crippen LogP contribution in [0.1, 0.15) is 57.1 Å². The summed E-state index contributed by atoms with van der Waals surface area (Å²) in [5, 5.41) is 6.62. The van der Waals surface area contributed by atoms with Crippen LogP contribution in [0.2, 0.25) is 0 Å². The Hall–Kier alpha value is -1.10. The zero-order valence-corrected chi connectivity index (χ0v) is 15.8. The van der Waals surface area contributed by atoms with Crippen LogP contribution < -0.4 is 10.2 Å². The van der Waals surface area contributed by atoms with Gasteiger partial charge in [-0.2, -0.15) is 0 Å². The number of amides is 1. The fraction of sp³-hybridized carbons (Fsp3) is 0.800. The highest BCUT2D eigenvalue weighted by Gasteiger charge is 2.54. The number of nitrogens with one attached hydrogen (secondary N) is 1. The molecular formula is C20H29N3OS. The first-order valence-corrected chi connectivity index (χ1v) is 11.1. The van der Waals surface area contributed by atoms with E-state index in [1.807, 2.05) is 0 Å². The minimum Gasteiger partial charge on any atom is -0.355 e. The number of carbonyl (C=O) groups is 1. The van der Waals surface area contributed by atoms with Crippen LogP contribution in [0.15, 0.2) is 5.38 Å². The molecule has 1 aromatic rings. The van der Waals surface area contributed by atoms with Gasteiger partial charge in [-0.15, -0.1) is 11.3 Å². The highest BCUT2D eigenvalue weighted by atomic mass is 32.1. The Bertz CT molecular complexity index is 614. The van der Waals surface area contributed by atoms with Crippen LogP contribution >= 0.6 is 11.3 Å². The summed E-state index contributed by atoms with van der Waals surface area (Å²) in [5.74, 6) is 2.84. The molecule has 4 nitrogen and oxygen atoms in total. The van der Waals surface area contributed by atoms with Crippen molar-refractivity contribution < 1.29 is 4.79 Å². The molecule has 25 heavy (non-hydrogen) atoms. The minimum atomic E-state index is -0.0163. The molecule has 0 radical (unpaired) electrons. The van der Waals surface area contributed by atoms with E-state index in [1.54, 1.807) is 11.3 Å². The minimum absolute atomic E-state index is 0.0163. The van der Waals surface area contributed by atoms with Crippen LogP contribution in [-0.2, 0) is 11.2 Å². The maximum atomic E-state index is 13.0. The third-order valence-corrected chi connectivity index (χ3v) is 8.05. The molecule has 4 bridgehead atoms. The average Bonchev–Trinajstić information content (AvgIpc) is 3.25. The first-order chi connectivity index (χ1) is 12.2. The molecule has 0 aromatic carbocycles. The summed E-state index contributed by atoms with van der Waals surface area (Å²) in [5.41, 5.74) is 1.12. The fourth-order valence-corrected chi connectivity index (χ4v) is 7.26.